The van der Waals surface area contributed by atoms with Crippen LogP contribution in [-0.4, -0.2) is 33.0 Å². The van der Waals surface area contributed by atoms with Crippen molar-refractivity contribution in [2.45, 2.75) is 25.3 Å². The minimum absolute atomic E-state index is 0.0653. The van der Waals surface area contributed by atoms with E-state index in [2.05, 4.69) is 10.3 Å². The van der Waals surface area contributed by atoms with E-state index >= 15 is 0 Å². The molecule has 0 aromatic carbocycles. The van der Waals surface area contributed by atoms with Crippen LogP contribution in [0.5, 0.6) is 0 Å². The van der Waals surface area contributed by atoms with E-state index in [0.29, 0.717) is 16.6 Å². The summed E-state index contributed by atoms with van der Waals surface area (Å²) in [5.74, 6) is -0.256. The molecule has 100 valence electrons. The Bertz CT molecular complexity index is 632. The largest absolute Gasteiger partial charge is 0.476 e. The normalized spacial score (nSPS) is 19.1. The van der Waals surface area contributed by atoms with Gasteiger partial charge < -0.3 is 14.8 Å². The molecule has 1 unspecified atom stereocenters. The fourth-order valence-electron chi connectivity index (χ4n) is 2.57. The minimum atomic E-state index is -1.02. The molecule has 0 amide bonds. The van der Waals surface area contributed by atoms with Gasteiger partial charge in [0.1, 0.15) is 5.82 Å². The lowest BCUT2D eigenvalue weighted by atomic mass is 10.1. The summed E-state index contributed by atoms with van der Waals surface area (Å²) in [5, 5.41) is 13.1. The van der Waals surface area contributed by atoms with Crippen LogP contribution in [0, 0.1) is 0 Å². The Hall–Kier alpha value is -1.59. The molecule has 1 aliphatic rings. The van der Waals surface area contributed by atoms with Crippen LogP contribution in [-0.2, 0) is 6.42 Å². The molecular weight excluding hydrogens is 266 g/mol. The van der Waals surface area contributed by atoms with Crippen molar-refractivity contribution < 1.29 is 9.90 Å². The number of nitrogens with zero attached hydrogens (tertiary/aromatic N) is 2. The number of hydrogen-bond donors (Lipinski definition) is 2. The number of carboxylic acid groups (broad SMARTS) is 1. The van der Waals surface area contributed by atoms with E-state index in [0.717, 1.165) is 31.6 Å². The molecule has 3 rings (SSSR count). The van der Waals surface area contributed by atoms with E-state index in [4.69, 9.17) is 11.6 Å². The molecule has 2 N–H and O–H groups in total. The zero-order chi connectivity index (χ0) is 13.4. The molecule has 3 heterocycles. The van der Waals surface area contributed by atoms with E-state index in [-0.39, 0.29) is 5.69 Å². The van der Waals surface area contributed by atoms with Gasteiger partial charge in [-0.25, -0.2) is 9.78 Å². The maximum absolute atomic E-state index is 11.2. The van der Waals surface area contributed by atoms with Crippen molar-refractivity contribution >= 4 is 23.1 Å². The van der Waals surface area contributed by atoms with Crippen LogP contribution in [0.3, 0.4) is 0 Å². The Labute approximate surface area is 115 Å². The smallest absolute Gasteiger partial charge is 0.356 e. The summed E-state index contributed by atoms with van der Waals surface area (Å²) >= 11 is 5.93. The molecule has 6 heteroatoms. The molecule has 1 fully saturated rings. The van der Waals surface area contributed by atoms with Gasteiger partial charge in [0, 0.05) is 23.7 Å². The number of fused-ring (bicyclic) bond motifs is 1. The third kappa shape index (κ3) is 2.31. The standard InChI is InChI=1S/C13H14ClN3O2/c14-8-3-5-17-10(6-8)12(13(18)19)16-11(17)7-9-2-1-4-15-9/h3,5-6,9,15H,1-2,4,7H2,(H,18,19). The van der Waals surface area contributed by atoms with Crippen LogP contribution >= 0.6 is 11.6 Å². The number of halogens is 1. The van der Waals surface area contributed by atoms with Gasteiger partial charge in [-0.05, 0) is 31.5 Å². The van der Waals surface area contributed by atoms with E-state index in [1.165, 1.54) is 0 Å². The maximum Gasteiger partial charge on any atom is 0.356 e. The summed E-state index contributed by atoms with van der Waals surface area (Å²) in [4.78, 5) is 15.5. The first kappa shape index (κ1) is 12.4. The molecule has 5 nitrogen and oxygen atoms in total. The van der Waals surface area contributed by atoms with Gasteiger partial charge >= 0.3 is 5.97 Å². The maximum atomic E-state index is 11.2. The highest BCUT2D eigenvalue weighted by atomic mass is 35.5. The third-order valence-corrected chi connectivity index (χ3v) is 3.71. The minimum Gasteiger partial charge on any atom is -0.476 e. The zero-order valence-electron chi connectivity index (χ0n) is 10.3. The van der Waals surface area contributed by atoms with Gasteiger partial charge in [-0.3, -0.25) is 0 Å². The second-order valence-corrected chi connectivity index (χ2v) is 5.22. The molecule has 0 bridgehead atoms. The predicted molar refractivity (Wildman–Crippen MR) is 71.9 cm³/mol. The van der Waals surface area contributed by atoms with Crippen LogP contribution in [0.25, 0.3) is 5.52 Å². The molecule has 0 aliphatic carbocycles. The molecule has 1 atom stereocenters. The quantitative estimate of drug-likeness (QED) is 0.902. The average molecular weight is 280 g/mol. The number of rotatable bonds is 3. The SMILES string of the molecule is O=C(O)c1nc(CC2CCCN2)n2ccc(Cl)cc12. The summed E-state index contributed by atoms with van der Waals surface area (Å²) < 4.78 is 1.81. The summed E-state index contributed by atoms with van der Waals surface area (Å²) in [5.41, 5.74) is 0.614. The Kier molecular flexibility index (Phi) is 3.16. The number of carbonyl (C=O) groups is 1. The van der Waals surface area contributed by atoms with Crippen molar-refractivity contribution in [2.75, 3.05) is 6.54 Å². The van der Waals surface area contributed by atoms with Gasteiger partial charge in [0.15, 0.2) is 5.69 Å². The highest BCUT2D eigenvalue weighted by Gasteiger charge is 2.21. The van der Waals surface area contributed by atoms with Crippen LogP contribution in [0.15, 0.2) is 18.3 Å². The van der Waals surface area contributed by atoms with E-state index in [1.807, 2.05) is 4.40 Å². The van der Waals surface area contributed by atoms with Gasteiger partial charge in [-0.2, -0.15) is 0 Å². The topological polar surface area (TPSA) is 66.6 Å². The first-order chi connectivity index (χ1) is 9.15. The lowest BCUT2D eigenvalue weighted by molar-refractivity contribution is 0.0693. The number of hydrogen-bond acceptors (Lipinski definition) is 3. The summed E-state index contributed by atoms with van der Waals surface area (Å²) in [6, 6.07) is 3.76. The number of pyridine rings is 1. The Balaban J connectivity index is 2.06. The second-order valence-electron chi connectivity index (χ2n) is 4.78. The molecule has 0 radical (unpaired) electrons. The Morgan fingerprint density at radius 2 is 2.47 bits per heavy atom. The average Bonchev–Trinajstić information content (AvgIpc) is 2.97. The lowest BCUT2D eigenvalue weighted by Gasteiger charge is -2.08. The summed E-state index contributed by atoms with van der Waals surface area (Å²) in [6.45, 7) is 1.02. The van der Waals surface area contributed by atoms with Gasteiger partial charge in [-0.15, -0.1) is 0 Å². The monoisotopic (exact) mass is 279 g/mol. The molecular formula is C13H14ClN3O2. The first-order valence-corrected chi connectivity index (χ1v) is 6.66. The number of nitrogens with one attached hydrogen (secondary N) is 1. The van der Waals surface area contributed by atoms with Crippen molar-refractivity contribution in [2.24, 2.45) is 0 Å². The van der Waals surface area contributed by atoms with Crippen molar-refractivity contribution in [3.05, 3.63) is 34.9 Å². The van der Waals surface area contributed by atoms with E-state index in [1.54, 1.807) is 18.3 Å². The highest BCUT2D eigenvalue weighted by Crippen LogP contribution is 2.20. The van der Waals surface area contributed by atoms with Crippen LogP contribution in [0.4, 0.5) is 0 Å². The van der Waals surface area contributed by atoms with Gasteiger partial charge in [0.05, 0.1) is 5.52 Å². The van der Waals surface area contributed by atoms with Gasteiger partial charge in [0.2, 0.25) is 0 Å². The van der Waals surface area contributed by atoms with Gasteiger partial charge in [0.25, 0.3) is 0 Å². The number of imidazole rings is 1. The van der Waals surface area contributed by atoms with Crippen LogP contribution in [0.1, 0.15) is 29.2 Å². The molecule has 1 saturated heterocycles. The molecule has 1 aliphatic heterocycles. The Morgan fingerprint density at radius 1 is 1.63 bits per heavy atom. The van der Waals surface area contributed by atoms with Crippen LogP contribution < -0.4 is 5.32 Å². The van der Waals surface area contributed by atoms with Crippen molar-refractivity contribution in [3.63, 3.8) is 0 Å². The fraction of sp³-hybridized carbons (Fsp3) is 0.385. The van der Waals surface area contributed by atoms with E-state index < -0.39 is 5.97 Å². The lowest BCUT2D eigenvalue weighted by Crippen LogP contribution is -2.24. The number of carboxylic acids is 1. The molecule has 0 saturated carbocycles. The number of aromatic carboxylic acids is 1. The van der Waals surface area contributed by atoms with Gasteiger partial charge in [-0.1, -0.05) is 11.6 Å². The number of aromatic nitrogens is 2. The van der Waals surface area contributed by atoms with Crippen LogP contribution in [0.2, 0.25) is 5.02 Å². The second kappa shape index (κ2) is 4.83. The van der Waals surface area contributed by atoms with Crippen molar-refractivity contribution in [1.29, 1.82) is 0 Å². The van der Waals surface area contributed by atoms with Crippen molar-refractivity contribution in [3.8, 4) is 0 Å². The first-order valence-electron chi connectivity index (χ1n) is 6.28. The highest BCUT2D eigenvalue weighted by molar-refractivity contribution is 6.31. The molecule has 2 aromatic rings. The zero-order valence-corrected chi connectivity index (χ0v) is 11.0. The molecule has 19 heavy (non-hydrogen) atoms. The predicted octanol–water partition coefficient (Wildman–Crippen LogP) is 1.98. The van der Waals surface area contributed by atoms with E-state index in [9.17, 15) is 9.90 Å². The summed E-state index contributed by atoms with van der Waals surface area (Å²) in [7, 11) is 0. The Morgan fingerprint density at radius 3 is 3.16 bits per heavy atom. The molecule has 0 spiro atoms. The fourth-order valence-corrected chi connectivity index (χ4v) is 2.73. The third-order valence-electron chi connectivity index (χ3n) is 3.47. The summed E-state index contributed by atoms with van der Waals surface area (Å²) in [6.07, 6.45) is 4.77. The molecule has 2 aromatic heterocycles. The van der Waals surface area contributed by atoms with Crippen molar-refractivity contribution in [1.82, 2.24) is 14.7 Å².